The van der Waals surface area contributed by atoms with Crippen molar-refractivity contribution in [2.24, 2.45) is 0 Å². The molecule has 0 radical (unpaired) electrons. The maximum Gasteiger partial charge on any atom is 0.259 e. The number of para-hydroxylation sites is 1. The smallest absolute Gasteiger partial charge is 0.259 e. The Labute approximate surface area is 154 Å². The molecule has 7 nitrogen and oxygen atoms in total. The predicted octanol–water partition coefficient (Wildman–Crippen LogP) is 2.18. The first-order valence-electron chi connectivity index (χ1n) is 8.52. The third-order valence-electron chi connectivity index (χ3n) is 4.48. The van der Waals surface area contributed by atoms with E-state index in [0.717, 1.165) is 5.56 Å². The zero-order chi connectivity index (χ0) is 18.8. The Morgan fingerprint density at radius 3 is 2.70 bits per heavy atom. The van der Waals surface area contributed by atoms with Gasteiger partial charge in [-0.25, -0.2) is 4.52 Å². The molecule has 0 fully saturated rings. The van der Waals surface area contributed by atoms with Crippen LogP contribution in [0.3, 0.4) is 0 Å². The molecule has 0 unspecified atom stereocenters. The first kappa shape index (κ1) is 17.0. The van der Waals surface area contributed by atoms with Crippen molar-refractivity contribution in [2.75, 3.05) is 7.11 Å². The lowest BCUT2D eigenvalue weighted by Crippen LogP contribution is -2.30. The molecule has 2 aromatic carbocycles. The molecule has 0 spiro atoms. The minimum Gasteiger partial charge on any atom is -0.367 e. The fourth-order valence-corrected chi connectivity index (χ4v) is 3.15. The Morgan fingerprint density at radius 2 is 1.93 bits per heavy atom. The van der Waals surface area contributed by atoms with Crippen LogP contribution in [0.1, 0.15) is 17.2 Å². The minimum atomic E-state index is -0.701. The number of H-pyrrole nitrogens is 1. The van der Waals surface area contributed by atoms with Gasteiger partial charge in [0, 0.05) is 19.2 Å². The minimum absolute atomic E-state index is 0.190. The van der Waals surface area contributed by atoms with Crippen LogP contribution in [0.15, 0.2) is 65.6 Å². The molecule has 0 bridgehead atoms. The summed E-state index contributed by atoms with van der Waals surface area (Å²) in [6.45, 7) is 0.226. The van der Waals surface area contributed by atoms with Crippen molar-refractivity contribution in [3.8, 4) is 0 Å². The summed E-state index contributed by atoms with van der Waals surface area (Å²) in [5, 5.41) is 7.77. The lowest BCUT2D eigenvalue weighted by molar-refractivity contribution is -0.131. The maximum atomic E-state index is 12.6. The number of hydrogen-bond donors (Lipinski definition) is 2. The molecule has 4 aromatic rings. The molecule has 4 rings (SSSR count). The third kappa shape index (κ3) is 3.09. The molecule has 1 amide bonds. The highest BCUT2D eigenvalue weighted by Gasteiger charge is 2.20. The molecule has 27 heavy (non-hydrogen) atoms. The van der Waals surface area contributed by atoms with E-state index in [9.17, 15) is 9.59 Å². The second kappa shape index (κ2) is 7.05. The van der Waals surface area contributed by atoms with Gasteiger partial charge in [-0.1, -0.05) is 42.5 Å². The van der Waals surface area contributed by atoms with Crippen LogP contribution >= 0.6 is 0 Å². The highest BCUT2D eigenvalue weighted by Crippen LogP contribution is 2.17. The first-order valence-corrected chi connectivity index (χ1v) is 8.52. The van der Waals surface area contributed by atoms with Gasteiger partial charge in [0.15, 0.2) is 6.10 Å². The monoisotopic (exact) mass is 362 g/mol. The normalized spacial score (nSPS) is 12.3. The Hall–Kier alpha value is -3.45. The van der Waals surface area contributed by atoms with E-state index >= 15 is 0 Å². The van der Waals surface area contributed by atoms with Crippen LogP contribution in [0.4, 0.5) is 0 Å². The summed E-state index contributed by atoms with van der Waals surface area (Å²) in [7, 11) is 1.50. The van der Waals surface area contributed by atoms with Gasteiger partial charge in [0.1, 0.15) is 5.65 Å². The molecule has 0 aliphatic rings. The molecular formula is C20H18N4O3. The van der Waals surface area contributed by atoms with E-state index < -0.39 is 6.10 Å². The number of methoxy groups -OCH3 is 1. The van der Waals surface area contributed by atoms with Crippen molar-refractivity contribution in [1.82, 2.24) is 19.9 Å². The molecule has 0 saturated carbocycles. The lowest BCUT2D eigenvalue weighted by atomic mass is 10.1. The van der Waals surface area contributed by atoms with Gasteiger partial charge in [0.05, 0.1) is 17.1 Å². The molecular weight excluding hydrogens is 344 g/mol. The van der Waals surface area contributed by atoms with E-state index in [1.165, 1.54) is 7.11 Å². The molecule has 136 valence electrons. The average molecular weight is 362 g/mol. The van der Waals surface area contributed by atoms with Gasteiger partial charge in [0.2, 0.25) is 0 Å². The van der Waals surface area contributed by atoms with Gasteiger partial charge in [-0.05, 0) is 17.7 Å². The zero-order valence-electron chi connectivity index (χ0n) is 14.7. The van der Waals surface area contributed by atoms with E-state index in [4.69, 9.17) is 4.74 Å². The van der Waals surface area contributed by atoms with Crippen molar-refractivity contribution in [1.29, 1.82) is 0 Å². The quantitative estimate of drug-likeness (QED) is 0.570. The maximum absolute atomic E-state index is 12.6. The van der Waals surface area contributed by atoms with Crippen molar-refractivity contribution in [3.05, 3.63) is 82.3 Å². The van der Waals surface area contributed by atoms with Gasteiger partial charge in [-0.3, -0.25) is 9.59 Å². The lowest BCUT2D eigenvalue weighted by Gasteiger charge is -2.15. The van der Waals surface area contributed by atoms with E-state index in [1.54, 1.807) is 16.8 Å². The van der Waals surface area contributed by atoms with Gasteiger partial charge >= 0.3 is 0 Å². The number of benzene rings is 2. The number of nitrogens with zero attached hydrogens (tertiary/aromatic N) is 2. The highest BCUT2D eigenvalue weighted by molar-refractivity contribution is 5.83. The van der Waals surface area contributed by atoms with E-state index in [-0.39, 0.29) is 18.0 Å². The number of carbonyl (C=O) groups excluding carboxylic acids is 1. The van der Waals surface area contributed by atoms with Crippen LogP contribution in [0.5, 0.6) is 0 Å². The van der Waals surface area contributed by atoms with Crippen LogP contribution in [0, 0.1) is 0 Å². The second-order valence-corrected chi connectivity index (χ2v) is 6.15. The number of fused-ring (bicyclic) bond motifs is 3. The summed E-state index contributed by atoms with van der Waals surface area (Å²) in [6, 6.07) is 16.5. The summed E-state index contributed by atoms with van der Waals surface area (Å²) in [5.74, 6) is -0.258. The number of aromatic nitrogens is 3. The van der Waals surface area contributed by atoms with Gasteiger partial charge in [-0.2, -0.15) is 5.10 Å². The Morgan fingerprint density at radius 1 is 1.19 bits per heavy atom. The second-order valence-electron chi connectivity index (χ2n) is 6.15. The topological polar surface area (TPSA) is 88.5 Å². The van der Waals surface area contributed by atoms with Gasteiger partial charge in [-0.15, -0.1) is 0 Å². The summed E-state index contributed by atoms with van der Waals surface area (Å²) < 4.78 is 7.01. The van der Waals surface area contributed by atoms with Crippen LogP contribution in [0.2, 0.25) is 0 Å². The Kier molecular flexibility index (Phi) is 4.43. The number of hydrogen-bond acceptors (Lipinski definition) is 4. The Balaban J connectivity index is 1.61. The van der Waals surface area contributed by atoms with Crippen LogP contribution < -0.4 is 10.9 Å². The number of aromatic amines is 1. The van der Waals surface area contributed by atoms with Crippen LogP contribution in [0.25, 0.3) is 16.6 Å². The number of amides is 1. The zero-order valence-corrected chi connectivity index (χ0v) is 14.7. The van der Waals surface area contributed by atoms with Crippen molar-refractivity contribution in [2.45, 2.75) is 12.6 Å². The van der Waals surface area contributed by atoms with E-state index in [1.807, 2.05) is 48.5 Å². The highest BCUT2D eigenvalue weighted by atomic mass is 16.5. The number of ether oxygens (including phenoxy) is 1. The molecule has 2 heterocycles. The summed E-state index contributed by atoms with van der Waals surface area (Å²) in [6.07, 6.45) is 0.940. The number of carbonyl (C=O) groups is 1. The van der Waals surface area contributed by atoms with Crippen molar-refractivity contribution >= 4 is 22.5 Å². The van der Waals surface area contributed by atoms with Gasteiger partial charge in [0.25, 0.3) is 11.5 Å². The number of rotatable bonds is 5. The average Bonchev–Trinajstić information content (AvgIpc) is 3.11. The molecule has 7 heteroatoms. The number of nitrogens with one attached hydrogen (secondary N) is 2. The Bertz CT molecular complexity index is 1160. The van der Waals surface area contributed by atoms with E-state index in [0.29, 0.717) is 22.1 Å². The van der Waals surface area contributed by atoms with Crippen molar-refractivity contribution in [3.63, 3.8) is 0 Å². The summed E-state index contributed by atoms with van der Waals surface area (Å²) in [4.78, 5) is 27.7. The summed E-state index contributed by atoms with van der Waals surface area (Å²) in [5.41, 5.74) is 2.58. The SMILES string of the molecule is CO[C@@H](C(=O)NCc1cnn2c1[nH]c(=O)c1ccccc12)c1ccccc1. The first-order chi connectivity index (χ1) is 13.2. The third-order valence-corrected chi connectivity index (χ3v) is 4.48. The fourth-order valence-electron chi connectivity index (χ4n) is 3.15. The fraction of sp³-hybridized carbons (Fsp3) is 0.150. The predicted molar refractivity (Wildman–Crippen MR) is 101 cm³/mol. The van der Waals surface area contributed by atoms with Crippen LogP contribution in [-0.2, 0) is 16.1 Å². The molecule has 2 N–H and O–H groups in total. The molecule has 2 aromatic heterocycles. The van der Waals surface area contributed by atoms with E-state index in [2.05, 4.69) is 15.4 Å². The van der Waals surface area contributed by atoms with Gasteiger partial charge < -0.3 is 15.0 Å². The molecule has 0 aliphatic carbocycles. The van der Waals surface area contributed by atoms with Crippen LogP contribution in [-0.4, -0.2) is 27.6 Å². The molecule has 0 aliphatic heterocycles. The van der Waals surface area contributed by atoms with Crippen molar-refractivity contribution < 1.29 is 9.53 Å². The largest absolute Gasteiger partial charge is 0.367 e. The molecule has 0 saturated heterocycles. The molecule has 1 atom stereocenters. The standard InChI is InChI=1S/C20H18N4O3/c1-27-17(13-7-3-2-4-8-13)20(26)21-11-14-12-22-24-16-10-6-5-9-15(16)19(25)23-18(14)24/h2-10,12,17H,11H2,1H3,(H,21,26)(H,23,25)/t17-/m1/s1. The summed E-state index contributed by atoms with van der Waals surface area (Å²) >= 11 is 0.